The van der Waals surface area contributed by atoms with Crippen molar-refractivity contribution in [3.05, 3.63) is 29.3 Å². The van der Waals surface area contributed by atoms with Crippen LogP contribution in [0.5, 0.6) is 0 Å². The first-order valence-corrected chi connectivity index (χ1v) is 6.97. The number of anilines is 1. The zero-order valence-corrected chi connectivity index (χ0v) is 12.6. The molecule has 0 radical (unpaired) electrons. The number of benzene rings is 1. The molecule has 110 valence electrons. The average Bonchev–Trinajstić information content (AvgIpc) is 2.39. The SMILES string of the molecule is CCCC(=O)N(CC(C)C(=O)O)c1cccc(C)c1C. The molecule has 0 aromatic heterocycles. The highest BCUT2D eigenvalue weighted by atomic mass is 16.4. The molecule has 0 aliphatic heterocycles. The highest BCUT2D eigenvalue weighted by Crippen LogP contribution is 2.24. The molecule has 0 aliphatic carbocycles. The molecule has 0 saturated carbocycles. The summed E-state index contributed by atoms with van der Waals surface area (Å²) >= 11 is 0. The number of carbonyl (C=O) groups excluding carboxylic acids is 1. The molecule has 20 heavy (non-hydrogen) atoms. The van der Waals surface area contributed by atoms with Gasteiger partial charge >= 0.3 is 5.97 Å². The van der Waals surface area contributed by atoms with Crippen molar-refractivity contribution in [1.82, 2.24) is 0 Å². The molecule has 1 atom stereocenters. The number of carboxylic acids is 1. The van der Waals surface area contributed by atoms with Gasteiger partial charge in [-0.15, -0.1) is 0 Å². The predicted octanol–water partition coefficient (Wildman–Crippen LogP) is 3.16. The fourth-order valence-corrected chi connectivity index (χ4v) is 2.06. The van der Waals surface area contributed by atoms with Crippen LogP contribution in [0.15, 0.2) is 18.2 Å². The molecule has 4 nitrogen and oxygen atoms in total. The van der Waals surface area contributed by atoms with Crippen LogP contribution in [-0.4, -0.2) is 23.5 Å². The molecule has 1 amide bonds. The third kappa shape index (κ3) is 3.83. The van der Waals surface area contributed by atoms with Crippen LogP contribution in [0.2, 0.25) is 0 Å². The quantitative estimate of drug-likeness (QED) is 0.869. The Balaban J connectivity index is 3.12. The van der Waals surface area contributed by atoms with E-state index in [9.17, 15) is 9.59 Å². The first-order chi connectivity index (χ1) is 9.38. The molecule has 0 heterocycles. The van der Waals surface area contributed by atoms with Crippen LogP contribution in [-0.2, 0) is 9.59 Å². The van der Waals surface area contributed by atoms with Crippen LogP contribution < -0.4 is 4.90 Å². The van der Waals surface area contributed by atoms with Gasteiger partial charge in [-0.3, -0.25) is 9.59 Å². The molecule has 4 heteroatoms. The molecule has 0 saturated heterocycles. The molecule has 0 bridgehead atoms. The number of aliphatic carboxylic acids is 1. The predicted molar refractivity (Wildman–Crippen MR) is 80.0 cm³/mol. The third-order valence-corrected chi connectivity index (χ3v) is 3.51. The Morgan fingerprint density at radius 1 is 1.30 bits per heavy atom. The fraction of sp³-hybridized carbons (Fsp3) is 0.500. The molecule has 1 aromatic rings. The number of hydrogen-bond donors (Lipinski definition) is 1. The number of amides is 1. The largest absolute Gasteiger partial charge is 0.481 e. The van der Waals surface area contributed by atoms with Crippen molar-refractivity contribution in [2.45, 2.75) is 40.5 Å². The summed E-state index contributed by atoms with van der Waals surface area (Å²) in [4.78, 5) is 25.0. The maximum Gasteiger partial charge on any atom is 0.308 e. The number of nitrogens with zero attached hydrogens (tertiary/aromatic N) is 1. The Hall–Kier alpha value is -1.84. The number of rotatable bonds is 6. The molecule has 0 fully saturated rings. The van der Waals surface area contributed by atoms with E-state index in [1.54, 1.807) is 11.8 Å². The van der Waals surface area contributed by atoms with E-state index in [-0.39, 0.29) is 12.5 Å². The van der Waals surface area contributed by atoms with E-state index in [4.69, 9.17) is 5.11 Å². The Bertz CT molecular complexity index is 496. The lowest BCUT2D eigenvalue weighted by atomic mass is 10.0. The molecular weight excluding hydrogens is 254 g/mol. The summed E-state index contributed by atoms with van der Waals surface area (Å²) in [5.41, 5.74) is 2.94. The Kier molecular flexibility index (Phi) is 5.74. The van der Waals surface area contributed by atoms with E-state index in [2.05, 4.69) is 0 Å². The van der Waals surface area contributed by atoms with E-state index in [1.165, 1.54) is 0 Å². The third-order valence-electron chi connectivity index (χ3n) is 3.51. The molecule has 0 aliphatic rings. The Morgan fingerprint density at radius 2 is 1.95 bits per heavy atom. The summed E-state index contributed by atoms with van der Waals surface area (Å²) in [6.07, 6.45) is 1.18. The molecule has 1 N–H and O–H groups in total. The summed E-state index contributed by atoms with van der Waals surface area (Å²) in [5.74, 6) is -1.49. The van der Waals surface area contributed by atoms with Gasteiger partial charge in [0.15, 0.2) is 0 Å². The van der Waals surface area contributed by atoms with Gasteiger partial charge in [0.25, 0.3) is 0 Å². The van der Waals surface area contributed by atoms with Gasteiger partial charge in [0.1, 0.15) is 0 Å². The van der Waals surface area contributed by atoms with Crippen molar-refractivity contribution < 1.29 is 14.7 Å². The second-order valence-electron chi connectivity index (χ2n) is 5.21. The van der Waals surface area contributed by atoms with Crippen molar-refractivity contribution in [1.29, 1.82) is 0 Å². The van der Waals surface area contributed by atoms with Crippen LogP contribution in [0.4, 0.5) is 5.69 Å². The Morgan fingerprint density at radius 3 is 2.50 bits per heavy atom. The zero-order valence-electron chi connectivity index (χ0n) is 12.6. The normalized spacial score (nSPS) is 12.0. The van der Waals surface area contributed by atoms with Crippen LogP contribution in [0.3, 0.4) is 0 Å². The van der Waals surface area contributed by atoms with E-state index >= 15 is 0 Å². The van der Waals surface area contributed by atoms with E-state index in [1.807, 2.05) is 39.0 Å². The van der Waals surface area contributed by atoms with Crippen LogP contribution >= 0.6 is 0 Å². The maximum absolute atomic E-state index is 12.3. The van der Waals surface area contributed by atoms with Crippen molar-refractivity contribution >= 4 is 17.6 Å². The van der Waals surface area contributed by atoms with Crippen molar-refractivity contribution in [3.63, 3.8) is 0 Å². The highest BCUT2D eigenvalue weighted by molar-refractivity contribution is 5.94. The average molecular weight is 277 g/mol. The zero-order chi connectivity index (χ0) is 15.3. The monoisotopic (exact) mass is 277 g/mol. The highest BCUT2D eigenvalue weighted by Gasteiger charge is 2.22. The molecule has 1 rings (SSSR count). The smallest absolute Gasteiger partial charge is 0.308 e. The number of aryl methyl sites for hydroxylation is 1. The van der Waals surface area contributed by atoms with E-state index in [0.717, 1.165) is 23.2 Å². The van der Waals surface area contributed by atoms with Gasteiger partial charge in [-0.05, 0) is 37.5 Å². The Labute approximate surface area is 120 Å². The minimum Gasteiger partial charge on any atom is -0.481 e. The first kappa shape index (κ1) is 16.2. The summed E-state index contributed by atoms with van der Waals surface area (Å²) < 4.78 is 0. The summed E-state index contributed by atoms with van der Waals surface area (Å²) in [7, 11) is 0. The van der Waals surface area contributed by atoms with Crippen molar-refractivity contribution in [3.8, 4) is 0 Å². The molecule has 0 spiro atoms. The second kappa shape index (κ2) is 7.08. The van der Waals surface area contributed by atoms with Crippen molar-refractivity contribution in [2.75, 3.05) is 11.4 Å². The second-order valence-corrected chi connectivity index (χ2v) is 5.21. The van der Waals surface area contributed by atoms with Gasteiger partial charge in [0.2, 0.25) is 5.91 Å². The van der Waals surface area contributed by atoms with Gasteiger partial charge in [0, 0.05) is 18.7 Å². The lowest BCUT2D eigenvalue weighted by Gasteiger charge is -2.27. The van der Waals surface area contributed by atoms with E-state index < -0.39 is 11.9 Å². The standard InChI is InChI=1S/C16H23NO3/c1-5-7-15(18)17(10-12(3)16(19)20)14-9-6-8-11(2)13(14)4/h6,8-9,12H,5,7,10H2,1-4H3,(H,19,20). The number of hydrogen-bond acceptors (Lipinski definition) is 2. The molecular formula is C16H23NO3. The van der Waals surface area contributed by atoms with Gasteiger partial charge in [0.05, 0.1) is 5.92 Å². The van der Waals surface area contributed by atoms with Gasteiger partial charge in [-0.25, -0.2) is 0 Å². The van der Waals surface area contributed by atoms with Crippen molar-refractivity contribution in [2.24, 2.45) is 5.92 Å². The lowest BCUT2D eigenvalue weighted by Crippen LogP contribution is -2.37. The fourth-order valence-electron chi connectivity index (χ4n) is 2.06. The molecule has 1 unspecified atom stereocenters. The van der Waals surface area contributed by atoms with Gasteiger partial charge in [-0.2, -0.15) is 0 Å². The van der Waals surface area contributed by atoms with Crippen LogP contribution in [0, 0.1) is 19.8 Å². The van der Waals surface area contributed by atoms with E-state index in [0.29, 0.717) is 6.42 Å². The first-order valence-electron chi connectivity index (χ1n) is 6.97. The summed E-state index contributed by atoms with van der Waals surface area (Å²) in [5, 5.41) is 9.08. The number of carboxylic acid groups (broad SMARTS) is 1. The van der Waals surface area contributed by atoms with Gasteiger partial charge < -0.3 is 10.0 Å². The minimum absolute atomic E-state index is 0.0192. The lowest BCUT2D eigenvalue weighted by molar-refractivity contribution is -0.140. The number of carbonyl (C=O) groups is 2. The minimum atomic E-state index is -0.885. The summed E-state index contributed by atoms with van der Waals surface area (Å²) in [6.45, 7) is 7.72. The van der Waals surface area contributed by atoms with Crippen LogP contribution in [0.1, 0.15) is 37.8 Å². The van der Waals surface area contributed by atoms with Crippen LogP contribution in [0.25, 0.3) is 0 Å². The molecule has 1 aromatic carbocycles. The van der Waals surface area contributed by atoms with Gasteiger partial charge in [-0.1, -0.05) is 26.0 Å². The topological polar surface area (TPSA) is 57.6 Å². The maximum atomic E-state index is 12.3. The summed E-state index contributed by atoms with van der Waals surface area (Å²) in [6, 6.07) is 5.77.